The van der Waals surface area contributed by atoms with Crippen molar-refractivity contribution in [3.05, 3.63) is 35.1 Å². The van der Waals surface area contributed by atoms with Gasteiger partial charge in [-0.25, -0.2) is 4.39 Å². The molecule has 0 saturated carbocycles. The molecule has 0 bridgehead atoms. The van der Waals surface area contributed by atoms with Gasteiger partial charge in [0.2, 0.25) is 0 Å². The van der Waals surface area contributed by atoms with Gasteiger partial charge < -0.3 is 4.74 Å². The summed E-state index contributed by atoms with van der Waals surface area (Å²) in [5.41, 5.74) is 1.09. The average Bonchev–Trinajstić information content (AvgIpc) is 2.32. The predicted molar refractivity (Wildman–Crippen MR) is 67.3 cm³/mol. The number of halogens is 1. The molecule has 1 aliphatic rings. The first kappa shape index (κ1) is 13.2. The zero-order valence-electron chi connectivity index (χ0n) is 10.8. The molecule has 2 rings (SSSR count). The first-order valence-corrected chi connectivity index (χ1v) is 6.19. The topological polar surface area (TPSA) is 29.5 Å². The quantitative estimate of drug-likeness (QED) is 0.770. The summed E-state index contributed by atoms with van der Waals surface area (Å²) in [6, 6.07) is 4.51. The Labute approximate surface area is 107 Å². The number of aryl methyl sites for hydroxylation is 1. The summed E-state index contributed by atoms with van der Waals surface area (Å²) < 4.78 is 18.6. The number of rotatable bonds is 3. The summed E-state index contributed by atoms with van der Waals surface area (Å²) in [7, 11) is 0. The van der Waals surface area contributed by atoms with E-state index in [0.717, 1.165) is 13.1 Å². The number of ketones is 1. The van der Waals surface area contributed by atoms with Crippen LogP contribution in [0.15, 0.2) is 18.2 Å². The molecule has 0 amide bonds. The highest BCUT2D eigenvalue weighted by atomic mass is 19.1. The summed E-state index contributed by atoms with van der Waals surface area (Å²) >= 11 is 0. The van der Waals surface area contributed by atoms with Crippen LogP contribution in [0.25, 0.3) is 0 Å². The summed E-state index contributed by atoms with van der Waals surface area (Å²) in [5.74, 6) is -0.237. The van der Waals surface area contributed by atoms with Crippen LogP contribution >= 0.6 is 0 Å². The van der Waals surface area contributed by atoms with Crippen LogP contribution in [0.2, 0.25) is 0 Å². The molecule has 0 aliphatic carbocycles. The third-order valence-corrected chi connectivity index (χ3v) is 3.17. The highest BCUT2D eigenvalue weighted by Gasteiger charge is 2.19. The lowest BCUT2D eigenvalue weighted by Gasteiger charge is -2.30. The van der Waals surface area contributed by atoms with Gasteiger partial charge in [0.15, 0.2) is 5.78 Å². The van der Waals surface area contributed by atoms with Crippen LogP contribution in [0.4, 0.5) is 4.39 Å². The molecule has 0 aromatic heterocycles. The minimum absolute atomic E-state index is 0.0344. The molecule has 4 heteroatoms. The van der Waals surface area contributed by atoms with Crippen molar-refractivity contribution in [2.45, 2.75) is 20.0 Å². The van der Waals surface area contributed by atoms with Crippen molar-refractivity contribution in [2.75, 3.05) is 26.2 Å². The van der Waals surface area contributed by atoms with E-state index in [1.54, 1.807) is 19.1 Å². The molecule has 18 heavy (non-hydrogen) atoms. The molecule has 0 radical (unpaired) electrons. The Morgan fingerprint density at radius 1 is 1.56 bits per heavy atom. The van der Waals surface area contributed by atoms with Crippen LogP contribution in [0.1, 0.15) is 22.8 Å². The second-order valence-corrected chi connectivity index (χ2v) is 4.80. The Bertz CT molecular complexity index is 447. The molecule has 1 saturated heterocycles. The summed E-state index contributed by atoms with van der Waals surface area (Å²) in [6.45, 7) is 6.25. The van der Waals surface area contributed by atoms with Gasteiger partial charge >= 0.3 is 0 Å². The lowest BCUT2D eigenvalue weighted by molar-refractivity contribution is -0.0158. The van der Waals surface area contributed by atoms with Crippen molar-refractivity contribution < 1.29 is 13.9 Å². The number of carbonyl (C=O) groups is 1. The van der Waals surface area contributed by atoms with E-state index in [1.807, 2.05) is 6.92 Å². The SMILES string of the molecule is Cc1cc(C(=O)CN2CCOC(C)C2)ccc1F. The Hall–Kier alpha value is -1.26. The lowest BCUT2D eigenvalue weighted by Crippen LogP contribution is -2.43. The monoisotopic (exact) mass is 251 g/mol. The normalized spacial score (nSPS) is 20.9. The number of Topliss-reactive ketones (excluding diaryl/α,β-unsaturated/α-hetero) is 1. The van der Waals surface area contributed by atoms with Gasteiger partial charge in [0.25, 0.3) is 0 Å². The largest absolute Gasteiger partial charge is 0.376 e. The molecule has 1 aliphatic heterocycles. The Morgan fingerprint density at radius 3 is 3.00 bits per heavy atom. The number of hydrogen-bond acceptors (Lipinski definition) is 3. The van der Waals surface area contributed by atoms with Gasteiger partial charge in [-0.05, 0) is 37.6 Å². The molecule has 1 atom stereocenters. The number of hydrogen-bond donors (Lipinski definition) is 0. The first-order valence-electron chi connectivity index (χ1n) is 6.19. The van der Waals surface area contributed by atoms with E-state index in [4.69, 9.17) is 4.74 Å². The van der Waals surface area contributed by atoms with Gasteiger partial charge in [-0.3, -0.25) is 9.69 Å². The molecule has 1 fully saturated rings. The summed E-state index contributed by atoms with van der Waals surface area (Å²) in [4.78, 5) is 14.2. The van der Waals surface area contributed by atoms with Crippen LogP contribution in [0.3, 0.4) is 0 Å². The minimum atomic E-state index is -0.272. The van der Waals surface area contributed by atoms with Crippen LogP contribution < -0.4 is 0 Å². The fraction of sp³-hybridized carbons (Fsp3) is 0.500. The summed E-state index contributed by atoms with van der Waals surface area (Å²) in [5, 5.41) is 0. The van der Waals surface area contributed by atoms with Crippen molar-refractivity contribution in [1.29, 1.82) is 0 Å². The number of carbonyl (C=O) groups excluding carboxylic acids is 1. The molecular formula is C14H18FNO2. The molecule has 98 valence electrons. The van der Waals surface area contributed by atoms with Gasteiger partial charge in [-0.1, -0.05) is 0 Å². The molecule has 1 aromatic carbocycles. The maximum Gasteiger partial charge on any atom is 0.176 e. The Balaban J connectivity index is 2.00. The molecule has 0 N–H and O–H groups in total. The number of morpholine rings is 1. The molecular weight excluding hydrogens is 233 g/mol. The van der Waals surface area contributed by atoms with Gasteiger partial charge in [0.1, 0.15) is 5.82 Å². The van der Waals surface area contributed by atoms with Crippen LogP contribution in [0, 0.1) is 12.7 Å². The fourth-order valence-corrected chi connectivity index (χ4v) is 2.15. The van der Waals surface area contributed by atoms with Gasteiger partial charge in [0, 0.05) is 18.7 Å². The minimum Gasteiger partial charge on any atom is -0.376 e. The fourth-order valence-electron chi connectivity index (χ4n) is 2.15. The molecule has 0 spiro atoms. The molecule has 3 nitrogen and oxygen atoms in total. The van der Waals surface area contributed by atoms with Crippen LogP contribution in [-0.2, 0) is 4.74 Å². The van der Waals surface area contributed by atoms with E-state index in [2.05, 4.69) is 4.90 Å². The smallest absolute Gasteiger partial charge is 0.176 e. The van der Waals surface area contributed by atoms with Gasteiger partial charge in [-0.2, -0.15) is 0 Å². The average molecular weight is 251 g/mol. The van der Waals surface area contributed by atoms with E-state index < -0.39 is 0 Å². The standard InChI is InChI=1S/C14H18FNO2/c1-10-7-12(3-4-13(10)15)14(17)9-16-5-6-18-11(2)8-16/h3-4,7,11H,5-6,8-9H2,1-2H3. The maximum absolute atomic E-state index is 13.1. The lowest BCUT2D eigenvalue weighted by atomic mass is 10.1. The summed E-state index contributed by atoms with van der Waals surface area (Å²) in [6.07, 6.45) is 0.168. The Morgan fingerprint density at radius 2 is 2.33 bits per heavy atom. The predicted octanol–water partition coefficient (Wildman–Crippen LogP) is 2.04. The second kappa shape index (κ2) is 5.59. The number of ether oxygens (including phenoxy) is 1. The van der Waals surface area contributed by atoms with E-state index in [9.17, 15) is 9.18 Å². The number of nitrogens with zero attached hydrogens (tertiary/aromatic N) is 1. The van der Waals surface area contributed by atoms with E-state index in [1.165, 1.54) is 6.07 Å². The molecule has 1 unspecified atom stereocenters. The van der Waals surface area contributed by atoms with Gasteiger partial charge in [-0.15, -0.1) is 0 Å². The molecule has 1 aromatic rings. The number of benzene rings is 1. The second-order valence-electron chi connectivity index (χ2n) is 4.80. The van der Waals surface area contributed by atoms with Crippen molar-refractivity contribution in [3.63, 3.8) is 0 Å². The van der Waals surface area contributed by atoms with Crippen molar-refractivity contribution in [2.24, 2.45) is 0 Å². The van der Waals surface area contributed by atoms with Crippen molar-refractivity contribution in [3.8, 4) is 0 Å². The van der Waals surface area contributed by atoms with E-state index in [-0.39, 0.29) is 17.7 Å². The highest BCUT2D eigenvalue weighted by molar-refractivity contribution is 5.97. The maximum atomic E-state index is 13.1. The zero-order valence-corrected chi connectivity index (χ0v) is 10.8. The molecule has 1 heterocycles. The van der Waals surface area contributed by atoms with E-state index in [0.29, 0.717) is 24.3 Å². The first-order chi connectivity index (χ1) is 8.56. The van der Waals surface area contributed by atoms with E-state index >= 15 is 0 Å². The third-order valence-electron chi connectivity index (χ3n) is 3.17. The highest BCUT2D eigenvalue weighted by Crippen LogP contribution is 2.11. The van der Waals surface area contributed by atoms with Crippen molar-refractivity contribution >= 4 is 5.78 Å². The van der Waals surface area contributed by atoms with Crippen molar-refractivity contribution in [1.82, 2.24) is 4.90 Å². The van der Waals surface area contributed by atoms with Gasteiger partial charge in [0.05, 0.1) is 19.3 Å². The van der Waals surface area contributed by atoms with Crippen LogP contribution in [0.5, 0.6) is 0 Å². The zero-order chi connectivity index (χ0) is 13.1. The van der Waals surface area contributed by atoms with Crippen LogP contribution in [-0.4, -0.2) is 43.0 Å². The Kier molecular flexibility index (Phi) is 4.09. The third kappa shape index (κ3) is 3.15.